The smallest absolute Gasteiger partial charge is 0.435 e. The number of nitrogens with one attached hydrogen (secondary N) is 2. The van der Waals surface area contributed by atoms with Gasteiger partial charge in [-0.2, -0.15) is 9.78 Å². The molecule has 1 aliphatic rings. The Bertz CT molecular complexity index is 1310. The van der Waals surface area contributed by atoms with Crippen LogP contribution in [0.25, 0.3) is 10.9 Å². The number of aromatic nitrogens is 2. The summed E-state index contributed by atoms with van der Waals surface area (Å²) in [6.45, 7) is 6.52. The lowest BCUT2D eigenvalue weighted by Gasteiger charge is -2.21. The highest BCUT2D eigenvalue weighted by atomic mass is 31.2. The zero-order valence-corrected chi connectivity index (χ0v) is 20.0. The van der Waals surface area contributed by atoms with Gasteiger partial charge in [-0.3, -0.25) is 4.57 Å². The molecule has 3 aromatic rings. The van der Waals surface area contributed by atoms with E-state index in [9.17, 15) is 14.2 Å². The summed E-state index contributed by atoms with van der Waals surface area (Å²) in [6, 6.07) is 10.8. The van der Waals surface area contributed by atoms with Gasteiger partial charge in [-0.15, -0.1) is 0 Å². The van der Waals surface area contributed by atoms with Crippen molar-refractivity contribution in [3.05, 3.63) is 59.3 Å². The van der Waals surface area contributed by atoms with Crippen LogP contribution in [0, 0.1) is 0 Å². The molecule has 0 aliphatic heterocycles. The maximum atomic E-state index is 12.8. The SMILES string of the molecule is CC(C)(C)c1ccc2c(c1)CC[C@H]2NC(=O)Nc1cccc2c1cnn2C(=O)OCP(=O)(O)O. The third-order valence-electron chi connectivity index (χ3n) is 5.78. The highest BCUT2D eigenvalue weighted by Crippen LogP contribution is 2.35. The second-order valence-electron chi connectivity index (χ2n) is 9.35. The van der Waals surface area contributed by atoms with Crippen LogP contribution in [0.1, 0.15) is 49.9 Å². The minimum absolute atomic E-state index is 0.0588. The maximum absolute atomic E-state index is 12.8. The van der Waals surface area contributed by atoms with Gasteiger partial charge in [0.1, 0.15) is 0 Å². The number of ether oxygens (including phenoxy) is 1. The molecule has 1 atom stereocenters. The lowest BCUT2D eigenvalue weighted by atomic mass is 9.85. The molecule has 0 bridgehead atoms. The van der Waals surface area contributed by atoms with Crippen LogP contribution in [0.3, 0.4) is 0 Å². The number of fused-ring (bicyclic) bond motifs is 2. The van der Waals surface area contributed by atoms with E-state index < -0.39 is 20.0 Å². The first-order chi connectivity index (χ1) is 15.9. The van der Waals surface area contributed by atoms with E-state index in [1.165, 1.54) is 17.3 Å². The van der Waals surface area contributed by atoms with Crippen molar-refractivity contribution in [1.29, 1.82) is 0 Å². The first-order valence-corrected chi connectivity index (χ1v) is 12.6. The van der Waals surface area contributed by atoms with Gasteiger partial charge < -0.3 is 25.2 Å². The Balaban J connectivity index is 1.47. The topological polar surface area (TPSA) is 143 Å². The fraction of sp³-hybridized carbons (Fsp3) is 0.348. The zero-order valence-electron chi connectivity index (χ0n) is 19.1. The average Bonchev–Trinajstić information content (AvgIpc) is 3.35. The Kier molecular flexibility index (Phi) is 6.24. The Morgan fingerprint density at radius 1 is 1.24 bits per heavy atom. The van der Waals surface area contributed by atoms with Crippen LogP contribution >= 0.6 is 7.60 Å². The normalized spacial score (nSPS) is 15.7. The van der Waals surface area contributed by atoms with Gasteiger partial charge in [0.15, 0.2) is 6.35 Å². The van der Waals surface area contributed by atoms with E-state index >= 15 is 0 Å². The van der Waals surface area contributed by atoms with Crippen molar-refractivity contribution in [3.8, 4) is 0 Å². The fourth-order valence-corrected chi connectivity index (χ4v) is 4.34. The minimum Gasteiger partial charge on any atom is -0.435 e. The molecule has 4 N–H and O–H groups in total. The van der Waals surface area contributed by atoms with E-state index in [0.717, 1.165) is 23.1 Å². The van der Waals surface area contributed by atoms with Crippen LogP contribution in [0.2, 0.25) is 0 Å². The third kappa shape index (κ3) is 5.14. The molecule has 34 heavy (non-hydrogen) atoms. The standard InChI is InChI=1S/C23H27N4O6P/c1-23(2,3)15-8-9-16-14(11-15)7-10-19(16)26-21(28)25-18-5-4-6-20-17(18)12-24-27(20)22(29)33-13-34(30,31)32/h4-6,8-9,11-12,19H,7,10,13H2,1-3H3,(H2,25,26,28)(H2,30,31,32)/t19-/m1/s1. The molecule has 2 aromatic carbocycles. The molecule has 0 saturated carbocycles. The van der Waals surface area contributed by atoms with Gasteiger partial charge in [0, 0.05) is 5.39 Å². The number of carbonyl (C=O) groups is 2. The molecule has 10 nitrogen and oxygen atoms in total. The van der Waals surface area contributed by atoms with E-state index in [1.54, 1.807) is 18.2 Å². The van der Waals surface area contributed by atoms with Gasteiger partial charge in [-0.25, -0.2) is 9.59 Å². The largest absolute Gasteiger partial charge is 0.435 e. The number of urea groups is 1. The fourth-order valence-electron chi connectivity index (χ4n) is 4.06. The maximum Gasteiger partial charge on any atom is 0.435 e. The van der Waals surface area contributed by atoms with Gasteiger partial charge in [0.05, 0.1) is 23.4 Å². The summed E-state index contributed by atoms with van der Waals surface area (Å²) in [7, 11) is -4.51. The number of carbonyl (C=O) groups excluding carboxylic acids is 2. The molecule has 4 rings (SSSR count). The second-order valence-corrected chi connectivity index (χ2v) is 10.9. The van der Waals surface area contributed by atoms with Crippen molar-refractivity contribution in [3.63, 3.8) is 0 Å². The third-order valence-corrected chi connectivity index (χ3v) is 6.25. The lowest BCUT2D eigenvalue weighted by Crippen LogP contribution is -2.31. The van der Waals surface area contributed by atoms with Crippen LogP contribution < -0.4 is 10.6 Å². The van der Waals surface area contributed by atoms with Crippen molar-refractivity contribution >= 4 is 36.3 Å². The van der Waals surface area contributed by atoms with Crippen molar-refractivity contribution < 1.29 is 28.7 Å². The summed E-state index contributed by atoms with van der Waals surface area (Å²) >= 11 is 0. The first-order valence-electron chi connectivity index (χ1n) is 10.8. The predicted molar refractivity (Wildman–Crippen MR) is 127 cm³/mol. The summed E-state index contributed by atoms with van der Waals surface area (Å²) in [4.78, 5) is 42.7. The molecule has 1 aromatic heterocycles. The molecule has 0 radical (unpaired) electrons. The monoisotopic (exact) mass is 486 g/mol. The van der Waals surface area contributed by atoms with Crippen LogP contribution in [-0.4, -0.2) is 38.0 Å². The molecule has 0 unspecified atom stereocenters. The number of benzene rings is 2. The molecule has 1 aliphatic carbocycles. The Labute approximate surface area is 196 Å². The van der Waals surface area contributed by atoms with E-state index in [0.29, 0.717) is 16.6 Å². The number of rotatable bonds is 4. The Morgan fingerprint density at radius 3 is 2.71 bits per heavy atom. The molecule has 11 heteroatoms. The highest BCUT2D eigenvalue weighted by Gasteiger charge is 2.26. The number of hydrogen-bond donors (Lipinski definition) is 4. The van der Waals surface area contributed by atoms with E-state index in [2.05, 4.69) is 59.4 Å². The minimum atomic E-state index is -4.51. The molecule has 0 fully saturated rings. The molecule has 1 heterocycles. The van der Waals surface area contributed by atoms with Crippen LogP contribution in [0.4, 0.5) is 15.3 Å². The van der Waals surface area contributed by atoms with Crippen molar-refractivity contribution in [2.45, 2.75) is 45.1 Å². The van der Waals surface area contributed by atoms with Crippen LogP contribution in [0.15, 0.2) is 42.6 Å². The van der Waals surface area contributed by atoms with Gasteiger partial charge >= 0.3 is 19.7 Å². The molecule has 0 spiro atoms. The summed E-state index contributed by atoms with van der Waals surface area (Å²) in [6.07, 6.45) is 1.00. The number of hydrogen-bond acceptors (Lipinski definition) is 5. The number of nitrogens with zero attached hydrogens (tertiary/aromatic N) is 2. The van der Waals surface area contributed by atoms with E-state index in [-0.39, 0.29) is 17.5 Å². The number of amides is 2. The van der Waals surface area contributed by atoms with Gasteiger partial charge in [-0.1, -0.05) is 45.0 Å². The molecule has 2 amide bonds. The van der Waals surface area contributed by atoms with Gasteiger partial charge in [0.25, 0.3) is 0 Å². The molecule has 0 saturated heterocycles. The first kappa shape index (κ1) is 23.9. The number of anilines is 1. The van der Waals surface area contributed by atoms with E-state index in [4.69, 9.17) is 9.79 Å². The average molecular weight is 486 g/mol. The summed E-state index contributed by atoms with van der Waals surface area (Å²) in [5, 5.41) is 10.2. The van der Waals surface area contributed by atoms with Crippen LogP contribution in [-0.2, 0) is 21.1 Å². The van der Waals surface area contributed by atoms with Gasteiger partial charge in [0.2, 0.25) is 0 Å². The van der Waals surface area contributed by atoms with Crippen molar-refractivity contribution in [2.75, 3.05) is 11.7 Å². The quantitative estimate of drug-likeness (QED) is 0.404. The Hall–Kier alpha value is -3.20. The number of aryl methyl sites for hydroxylation is 1. The predicted octanol–water partition coefficient (Wildman–Crippen LogP) is 4.26. The second kappa shape index (κ2) is 8.87. The highest BCUT2D eigenvalue weighted by molar-refractivity contribution is 7.51. The summed E-state index contributed by atoms with van der Waals surface area (Å²) < 4.78 is 16.5. The summed E-state index contributed by atoms with van der Waals surface area (Å²) in [5.74, 6) is 0. The summed E-state index contributed by atoms with van der Waals surface area (Å²) in [5.41, 5.74) is 4.44. The van der Waals surface area contributed by atoms with Gasteiger partial charge in [-0.05, 0) is 47.1 Å². The van der Waals surface area contributed by atoms with E-state index in [1.807, 2.05) is 0 Å². The molecular weight excluding hydrogens is 459 g/mol. The molecule has 180 valence electrons. The van der Waals surface area contributed by atoms with Crippen molar-refractivity contribution in [2.24, 2.45) is 0 Å². The Morgan fingerprint density at radius 2 is 2.00 bits per heavy atom. The van der Waals surface area contributed by atoms with Crippen molar-refractivity contribution in [1.82, 2.24) is 15.1 Å². The zero-order chi connectivity index (χ0) is 24.7. The molecular formula is C23H27N4O6P. The van der Waals surface area contributed by atoms with Crippen LogP contribution in [0.5, 0.6) is 0 Å². The lowest BCUT2D eigenvalue weighted by molar-refractivity contribution is 0.155.